The Balaban J connectivity index is 0.00000180. The van der Waals surface area contributed by atoms with Gasteiger partial charge in [0, 0.05) is 18.2 Å². The summed E-state index contributed by atoms with van der Waals surface area (Å²) in [5, 5.41) is 3.54. The molecule has 3 aromatic rings. The molecule has 5 rings (SSSR count). The third-order valence-corrected chi connectivity index (χ3v) is 6.64. The molecule has 1 aliphatic heterocycles. The van der Waals surface area contributed by atoms with Crippen molar-refractivity contribution >= 4 is 17.5 Å². The van der Waals surface area contributed by atoms with Crippen LogP contribution in [-0.4, -0.2) is 26.2 Å². The Morgan fingerprint density at radius 3 is 2.66 bits per heavy atom. The number of benzene rings is 3. The minimum Gasteiger partial charge on any atom is -1.00 e. The predicted molar refractivity (Wildman–Crippen MR) is 134 cm³/mol. The molecule has 1 fully saturated rings. The van der Waals surface area contributed by atoms with Crippen LogP contribution in [0.1, 0.15) is 53.7 Å². The minimum absolute atomic E-state index is 0. The van der Waals surface area contributed by atoms with Crippen LogP contribution < -0.4 is 49.1 Å². The summed E-state index contributed by atoms with van der Waals surface area (Å²) in [6.45, 7) is 1.23. The number of aryl methyl sites for hydroxylation is 1. The topological polar surface area (TPSA) is 56.8 Å². The summed E-state index contributed by atoms with van der Waals surface area (Å²) in [5.41, 5.74) is 4.12. The Kier molecular flexibility index (Phi) is 8.66. The standard InChI is InChI=1S/C28H28ClNO4.Na.H/c1-32-25-16-21(18-4-5-18)7-6-19(25)12-13-30-28(31)20-8-10-23(11-9-20)34-27-17-26-22(15-24(27)29)3-2-14-33-26;;/h6-11,15-18H,2-5,12-14H2,1H3,(H,30,31);;/q;+1;-1. The van der Waals surface area contributed by atoms with E-state index in [1.165, 1.54) is 18.4 Å². The fourth-order valence-electron chi connectivity index (χ4n) is 4.28. The van der Waals surface area contributed by atoms with Crippen molar-refractivity contribution < 1.29 is 50.0 Å². The zero-order valence-corrected chi connectivity index (χ0v) is 23.0. The van der Waals surface area contributed by atoms with Crippen LogP contribution in [0.15, 0.2) is 54.6 Å². The number of carbonyl (C=O) groups is 1. The Bertz CT molecular complexity index is 1200. The maximum absolute atomic E-state index is 12.6. The van der Waals surface area contributed by atoms with E-state index in [1.807, 2.05) is 12.1 Å². The maximum atomic E-state index is 12.6. The number of ether oxygens (including phenoxy) is 3. The molecule has 7 heteroatoms. The molecule has 0 atom stereocenters. The van der Waals surface area contributed by atoms with Crippen molar-refractivity contribution in [1.82, 2.24) is 5.32 Å². The van der Waals surface area contributed by atoms with Crippen LogP contribution in [0.2, 0.25) is 5.02 Å². The molecule has 35 heavy (non-hydrogen) atoms. The average molecular weight is 502 g/mol. The van der Waals surface area contributed by atoms with E-state index in [0.717, 1.165) is 35.5 Å². The van der Waals surface area contributed by atoms with Gasteiger partial charge in [0.2, 0.25) is 0 Å². The second kappa shape index (κ2) is 11.7. The molecule has 2 aliphatic rings. The summed E-state index contributed by atoms with van der Waals surface area (Å²) >= 11 is 6.40. The number of fused-ring (bicyclic) bond motifs is 1. The SMILES string of the molecule is COc1cc(C2CC2)ccc1CCNC(=O)c1ccc(Oc2cc3c(cc2Cl)CCCO3)cc1.[H-].[Na+]. The Hall–Kier alpha value is -2.18. The maximum Gasteiger partial charge on any atom is 1.00 e. The molecular formula is C28H29ClNNaO4. The van der Waals surface area contributed by atoms with Gasteiger partial charge in [-0.05, 0) is 91.1 Å². The van der Waals surface area contributed by atoms with E-state index in [4.69, 9.17) is 25.8 Å². The molecule has 1 amide bonds. The van der Waals surface area contributed by atoms with Crippen LogP contribution in [0.5, 0.6) is 23.0 Å². The van der Waals surface area contributed by atoms with Gasteiger partial charge in [0.1, 0.15) is 23.0 Å². The molecule has 0 aromatic heterocycles. The minimum atomic E-state index is -0.125. The molecule has 178 valence electrons. The van der Waals surface area contributed by atoms with Gasteiger partial charge in [0.25, 0.3) is 5.91 Å². The van der Waals surface area contributed by atoms with E-state index in [0.29, 0.717) is 47.6 Å². The van der Waals surface area contributed by atoms with Gasteiger partial charge in [-0.3, -0.25) is 4.79 Å². The zero-order valence-electron chi connectivity index (χ0n) is 21.2. The zero-order chi connectivity index (χ0) is 23.5. The van der Waals surface area contributed by atoms with Gasteiger partial charge < -0.3 is 21.0 Å². The molecule has 3 aromatic carbocycles. The molecule has 0 bridgehead atoms. The number of carbonyl (C=O) groups excluding carboxylic acids is 1. The van der Waals surface area contributed by atoms with Crippen molar-refractivity contribution in [2.75, 3.05) is 20.3 Å². The van der Waals surface area contributed by atoms with Gasteiger partial charge in [-0.2, -0.15) is 0 Å². The van der Waals surface area contributed by atoms with Crippen molar-refractivity contribution in [2.24, 2.45) is 0 Å². The van der Waals surface area contributed by atoms with E-state index < -0.39 is 0 Å². The molecule has 1 saturated carbocycles. The largest absolute Gasteiger partial charge is 1.00 e. The molecule has 0 radical (unpaired) electrons. The van der Waals surface area contributed by atoms with Crippen LogP contribution in [-0.2, 0) is 12.8 Å². The second-order valence-corrected chi connectivity index (χ2v) is 9.23. The third-order valence-electron chi connectivity index (χ3n) is 6.35. The van der Waals surface area contributed by atoms with Gasteiger partial charge >= 0.3 is 29.6 Å². The fourth-order valence-corrected chi connectivity index (χ4v) is 4.51. The van der Waals surface area contributed by atoms with Crippen molar-refractivity contribution in [3.8, 4) is 23.0 Å². The number of amides is 1. The summed E-state index contributed by atoms with van der Waals surface area (Å²) in [6, 6.07) is 17.2. The third kappa shape index (κ3) is 6.34. The van der Waals surface area contributed by atoms with E-state index >= 15 is 0 Å². The first-order chi connectivity index (χ1) is 16.6. The van der Waals surface area contributed by atoms with Crippen LogP contribution in [0.25, 0.3) is 0 Å². The second-order valence-electron chi connectivity index (χ2n) is 8.82. The number of rotatable bonds is 8. The fraction of sp³-hybridized carbons (Fsp3) is 0.321. The van der Waals surface area contributed by atoms with Gasteiger partial charge in [-0.15, -0.1) is 0 Å². The van der Waals surface area contributed by atoms with E-state index in [9.17, 15) is 4.79 Å². The molecule has 0 spiro atoms. The molecule has 0 unspecified atom stereocenters. The number of hydrogen-bond donors (Lipinski definition) is 1. The molecule has 0 saturated heterocycles. The van der Waals surface area contributed by atoms with Crippen LogP contribution in [0, 0.1) is 0 Å². The quantitative estimate of drug-likeness (QED) is 0.480. The monoisotopic (exact) mass is 501 g/mol. The average Bonchev–Trinajstić information content (AvgIpc) is 3.71. The Morgan fingerprint density at radius 1 is 1.11 bits per heavy atom. The number of hydrogen-bond acceptors (Lipinski definition) is 4. The molecular weight excluding hydrogens is 473 g/mol. The van der Waals surface area contributed by atoms with Crippen molar-refractivity contribution in [3.05, 3.63) is 81.9 Å². The number of methoxy groups -OCH3 is 1. The van der Waals surface area contributed by atoms with Gasteiger partial charge in [0.05, 0.1) is 18.7 Å². The Morgan fingerprint density at radius 2 is 1.91 bits per heavy atom. The first kappa shape index (κ1) is 25.9. The number of halogens is 1. The number of nitrogens with one attached hydrogen (secondary N) is 1. The Labute approximate surface area is 234 Å². The van der Waals surface area contributed by atoms with Crippen LogP contribution in [0.3, 0.4) is 0 Å². The summed E-state index contributed by atoms with van der Waals surface area (Å²) in [7, 11) is 1.70. The normalized spacial score (nSPS) is 14.2. The smallest absolute Gasteiger partial charge is 1.00 e. The molecule has 1 heterocycles. The first-order valence-corrected chi connectivity index (χ1v) is 12.2. The molecule has 1 aliphatic carbocycles. The van der Waals surface area contributed by atoms with Crippen LogP contribution in [0.4, 0.5) is 0 Å². The van der Waals surface area contributed by atoms with E-state index in [2.05, 4.69) is 23.5 Å². The molecule has 1 N–H and O–H groups in total. The van der Waals surface area contributed by atoms with Gasteiger partial charge in [0.15, 0.2) is 0 Å². The summed E-state index contributed by atoms with van der Waals surface area (Å²) in [5.74, 6) is 3.43. The summed E-state index contributed by atoms with van der Waals surface area (Å²) in [6.07, 6.45) is 5.18. The van der Waals surface area contributed by atoms with E-state index in [1.54, 1.807) is 31.4 Å². The van der Waals surface area contributed by atoms with Crippen molar-refractivity contribution in [3.63, 3.8) is 0 Å². The first-order valence-electron chi connectivity index (χ1n) is 11.8. The predicted octanol–water partition coefficient (Wildman–Crippen LogP) is 3.43. The molecule has 5 nitrogen and oxygen atoms in total. The van der Waals surface area contributed by atoms with Gasteiger partial charge in [-0.1, -0.05) is 23.7 Å². The van der Waals surface area contributed by atoms with Crippen molar-refractivity contribution in [2.45, 2.75) is 38.0 Å². The van der Waals surface area contributed by atoms with Crippen molar-refractivity contribution in [1.29, 1.82) is 0 Å². The summed E-state index contributed by atoms with van der Waals surface area (Å²) in [4.78, 5) is 12.6. The van der Waals surface area contributed by atoms with Gasteiger partial charge in [-0.25, -0.2) is 0 Å². The van der Waals surface area contributed by atoms with Crippen LogP contribution >= 0.6 is 11.6 Å². The van der Waals surface area contributed by atoms with E-state index in [-0.39, 0.29) is 36.9 Å². The summed E-state index contributed by atoms with van der Waals surface area (Å²) < 4.78 is 17.2.